The summed E-state index contributed by atoms with van der Waals surface area (Å²) in [4.78, 5) is 10.9. The zero-order chi connectivity index (χ0) is 13.8. The predicted molar refractivity (Wildman–Crippen MR) is 70.7 cm³/mol. The van der Waals surface area contributed by atoms with Gasteiger partial charge in [0.15, 0.2) is 0 Å². The molecule has 0 aliphatic heterocycles. The number of halogens is 1. The number of carbonyl (C=O) groups is 1. The molecule has 100 valence electrons. The molecule has 7 heteroatoms. The Morgan fingerprint density at radius 3 is 2.39 bits per heavy atom. The van der Waals surface area contributed by atoms with Crippen LogP contribution in [0.4, 0.5) is 0 Å². The Morgan fingerprint density at radius 1 is 1.39 bits per heavy atom. The Morgan fingerprint density at radius 2 is 1.94 bits per heavy atom. The SMILES string of the molecule is CCC(CNS(=O)(=O)c1ccc(Br)cc1)C(=O)O. The summed E-state index contributed by atoms with van der Waals surface area (Å²) in [5.74, 6) is -1.72. The molecule has 18 heavy (non-hydrogen) atoms. The fourth-order valence-electron chi connectivity index (χ4n) is 1.31. The number of benzene rings is 1. The lowest BCUT2D eigenvalue weighted by Gasteiger charge is -2.11. The van der Waals surface area contributed by atoms with Gasteiger partial charge in [-0.2, -0.15) is 0 Å². The Bertz CT molecular complexity index is 512. The Balaban J connectivity index is 2.76. The van der Waals surface area contributed by atoms with Gasteiger partial charge in [0.1, 0.15) is 0 Å². The first kappa shape index (κ1) is 15.1. The normalized spacial score (nSPS) is 13.2. The van der Waals surface area contributed by atoms with Crippen LogP contribution in [0.3, 0.4) is 0 Å². The van der Waals surface area contributed by atoms with Gasteiger partial charge in [0.2, 0.25) is 10.0 Å². The molecule has 0 bridgehead atoms. The monoisotopic (exact) mass is 335 g/mol. The lowest BCUT2D eigenvalue weighted by Crippen LogP contribution is -2.32. The summed E-state index contributed by atoms with van der Waals surface area (Å²) in [5, 5.41) is 8.84. The third-order valence-corrected chi connectivity index (χ3v) is 4.45. The molecule has 0 aliphatic rings. The topological polar surface area (TPSA) is 83.5 Å². The van der Waals surface area contributed by atoms with Crippen molar-refractivity contribution in [2.75, 3.05) is 6.54 Å². The summed E-state index contributed by atoms with van der Waals surface area (Å²) in [6.45, 7) is 1.59. The fourth-order valence-corrected chi connectivity index (χ4v) is 2.66. The molecule has 0 amide bonds. The molecule has 0 heterocycles. The zero-order valence-electron chi connectivity index (χ0n) is 9.76. The van der Waals surface area contributed by atoms with Crippen LogP contribution < -0.4 is 4.72 Å². The van der Waals surface area contributed by atoms with Gasteiger partial charge in [0, 0.05) is 11.0 Å². The van der Waals surface area contributed by atoms with Crippen LogP contribution in [0.25, 0.3) is 0 Å². The van der Waals surface area contributed by atoms with Crippen molar-refractivity contribution in [3.8, 4) is 0 Å². The summed E-state index contributed by atoms with van der Waals surface area (Å²) in [7, 11) is -3.65. The first-order valence-corrected chi connectivity index (χ1v) is 7.62. The van der Waals surface area contributed by atoms with E-state index in [1.54, 1.807) is 19.1 Å². The first-order chi connectivity index (χ1) is 8.36. The molecule has 5 nitrogen and oxygen atoms in total. The van der Waals surface area contributed by atoms with Crippen molar-refractivity contribution in [3.63, 3.8) is 0 Å². The number of carboxylic acid groups (broad SMARTS) is 1. The summed E-state index contributed by atoms with van der Waals surface area (Å²) in [6.07, 6.45) is 0.373. The number of hydrogen-bond donors (Lipinski definition) is 2. The number of sulfonamides is 1. The Labute approximate surface area is 114 Å². The number of nitrogens with one attached hydrogen (secondary N) is 1. The summed E-state index contributed by atoms with van der Waals surface area (Å²) in [5.41, 5.74) is 0. The van der Waals surface area contributed by atoms with Gasteiger partial charge in [0.25, 0.3) is 0 Å². The van der Waals surface area contributed by atoms with E-state index >= 15 is 0 Å². The van der Waals surface area contributed by atoms with Crippen LogP contribution in [0.15, 0.2) is 33.6 Å². The van der Waals surface area contributed by atoms with Crippen molar-refractivity contribution in [1.82, 2.24) is 4.72 Å². The minimum atomic E-state index is -3.65. The van der Waals surface area contributed by atoms with Crippen LogP contribution in [-0.4, -0.2) is 26.0 Å². The average Bonchev–Trinajstić information content (AvgIpc) is 2.29. The van der Waals surface area contributed by atoms with E-state index in [1.165, 1.54) is 12.1 Å². The van der Waals surface area contributed by atoms with Crippen LogP contribution in [0, 0.1) is 5.92 Å². The number of hydrogen-bond acceptors (Lipinski definition) is 3. The molecular weight excluding hydrogens is 322 g/mol. The molecule has 2 N–H and O–H groups in total. The van der Waals surface area contributed by atoms with Gasteiger partial charge in [-0.25, -0.2) is 13.1 Å². The lowest BCUT2D eigenvalue weighted by atomic mass is 10.1. The summed E-state index contributed by atoms with van der Waals surface area (Å²) >= 11 is 3.21. The number of carboxylic acids is 1. The highest BCUT2D eigenvalue weighted by molar-refractivity contribution is 9.10. The largest absolute Gasteiger partial charge is 0.481 e. The van der Waals surface area contributed by atoms with E-state index in [-0.39, 0.29) is 11.4 Å². The number of aliphatic carboxylic acids is 1. The minimum absolute atomic E-state index is 0.107. The summed E-state index contributed by atoms with van der Waals surface area (Å²) in [6, 6.07) is 6.13. The smallest absolute Gasteiger partial charge is 0.307 e. The molecule has 0 aliphatic carbocycles. The van der Waals surface area contributed by atoms with Crippen LogP contribution >= 0.6 is 15.9 Å². The van der Waals surface area contributed by atoms with E-state index in [2.05, 4.69) is 20.7 Å². The van der Waals surface area contributed by atoms with Gasteiger partial charge < -0.3 is 5.11 Å². The maximum Gasteiger partial charge on any atom is 0.307 e. The molecule has 0 saturated heterocycles. The minimum Gasteiger partial charge on any atom is -0.481 e. The second-order valence-corrected chi connectivity index (χ2v) is 6.43. The van der Waals surface area contributed by atoms with E-state index < -0.39 is 21.9 Å². The van der Waals surface area contributed by atoms with Crippen molar-refractivity contribution in [3.05, 3.63) is 28.7 Å². The van der Waals surface area contributed by atoms with Gasteiger partial charge >= 0.3 is 5.97 Å². The molecule has 1 atom stereocenters. The third-order valence-electron chi connectivity index (χ3n) is 2.49. The highest BCUT2D eigenvalue weighted by Crippen LogP contribution is 2.14. The Hall–Kier alpha value is -0.920. The van der Waals surface area contributed by atoms with E-state index in [9.17, 15) is 13.2 Å². The van der Waals surface area contributed by atoms with E-state index in [0.29, 0.717) is 6.42 Å². The quantitative estimate of drug-likeness (QED) is 0.830. The molecule has 0 spiro atoms. The molecule has 1 aromatic carbocycles. The standard InChI is InChI=1S/C11H14BrNO4S/c1-2-8(11(14)15)7-13-18(16,17)10-5-3-9(12)4-6-10/h3-6,8,13H,2,7H2,1H3,(H,14,15). The highest BCUT2D eigenvalue weighted by atomic mass is 79.9. The van der Waals surface area contributed by atoms with Gasteiger partial charge in [-0.15, -0.1) is 0 Å². The van der Waals surface area contributed by atoms with Crippen molar-refractivity contribution in [2.24, 2.45) is 5.92 Å². The highest BCUT2D eigenvalue weighted by Gasteiger charge is 2.20. The number of rotatable bonds is 6. The van der Waals surface area contributed by atoms with E-state index in [0.717, 1.165) is 4.47 Å². The molecule has 0 fully saturated rings. The first-order valence-electron chi connectivity index (χ1n) is 5.35. The molecule has 0 radical (unpaired) electrons. The summed E-state index contributed by atoms with van der Waals surface area (Å²) < 4.78 is 26.8. The molecule has 1 aromatic rings. The lowest BCUT2D eigenvalue weighted by molar-refractivity contribution is -0.141. The Kier molecular flexibility index (Phi) is 5.30. The van der Waals surface area contributed by atoms with Crippen LogP contribution in [0.1, 0.15) is 13.3 Å². The van der Waals surface area contributed by atoms with Crippen LogP contribution in [0.5, 0.6) is 0 Å². The van der Waals surface area contributed by atoms with E-state index in [4.69, 9.17) is 5.11 Å². The third kappa shape index (κ3) is 4.08. The molecule has 0 aromatic heterocycles. The van der Waals surface area contributed by atoms with Crippen molar-refractivity contribution < 1.29 is 18.3 Å². The van der Waals surface area contributed by atoms with Crippen molar-refractivity contribution in [1.29, 1.82) is 0 Å². The van der Waals surface area contributed by atoms with Gasteiger partial charge in [0.05, 0.1) is 10.8 Å². The van der Waals surface area contributed by atoms with Gasteiger partial charge in [-0.05, 0) is 30.7 Å². The fraction of sp³-hybridized carbons (Fsp3) is 0.364. The maximum absolute atomic E-state index is 11.9. The maximum atomic E-state index is 11.9. The van der Waals surface area contributed by atoms with Crippen LogP contribution in [-0.2, 0) is 14.8 Å². The second kappa shape index (κ2) is 6.31. The van der Waals surface area contributed by atoms with E-state index in [1.807, 2.05) is 0 Å². The van der Waals surface area contributed by atoms with Crippen LogP contribution in [0.2, 0.25) is 0 Å². The zero-order valence-corrected chi connectivity index (χ0v) is 12.2. The van der Waals surface area contributed by atoms with Gasteiger partial charge in [-0.1, -0.05) is 22.9 Å². The molecule has 0 saturated carbocycles. The average molecular weight is 336 g/mol. The van der Waals surface area contributed by atoms with Gasteiger partial charge in [-0.3, -0.25) is 4.79 Å². The van der Waals surface area contributed by atoms with Crippen molar-refractivity contribution in [2.45, 2.75) is 18.2 Å². The molecule has 1 unspecified atom stereocenters. The molecule has 1 rings (SSSR count). The van der Waals surface area contributed by atoms with Crippen molar-refractivity contribution >= 4 is 31.9 Å². The molecular formula is C11H14BrNO4S. The predicted octanol–water partition coefficient (Wildman–Crippen LogP) is 1.84. The second-order valence-electron chi connectivity index (χ2n) is 3.75.